The number of nitrogens with zero attached hydrogens (tertiary/aromatic N) is 2. The van der Waals surface area contributed by atoms with E-state index in [-0.39, 0.29) is 5.91 Å². The minimum atomic E-state index is -0.0183. The van der Waals surface area contributed by atoms with Gasteiger partial charge in [0.05, 0.1) is 31.2 Å². The predicted molar refractivity (Wildman–Crippen MR) is 135 cm³/mol. The highest BCUT2D eigenvalue weighted by atomic mass is 35.5. The van der Waals surface area contributed by atoms with Gasteiger partial charge in [-0.25, -0.2) is 4.98 Å². The molecule has 4 aromatic rings. The first kappa shape index (κ1) is 23.6. The van der Waals surface area contributed by atoms with Crippen molar-refractivity contribution < 1.29 is 14.3 Å². The highest BCUT2D eigenvalue weighted by molar-refractivity contribution is 6.30. The molecule has 1 amide bonds. The molecular formula is C27H28ClN3O3. The third-order valence-corrected chi connectivity index (χ3v) is 5.79. The Balaban J connectivity index is 1.34. The molecule has 3 aromatic carbocycles. The lowest BCUT2D eigenvalue weighted by molar-refractivity contribution is -0.120. The number of halogens is 1. The van der Waals surface area contributed by atoms with Crippen molar-refractivity contribution in [1.29, 1.82) is 0 Å². The summed E-state index contributed by atoms with van der Waals surface area (Å²) in [4.78, 5) is 17.1. The smallest absolute Gasteiger partial charge is 0.224 e. The van der Waals surface area contributed by atoms with E-state index in [2.05, 4.69) is 16.0 Å². The first-order chi connectivity index (χ1) is 16.6. The van der Waals surface area contributed by atoms with Crippen LogP contribution < -0.4 is 14.8 Å². The molecule has 0 spiro atoms. The van der Waals surface area contributed by atoms with Gasteiger partial charge < -0.3 is 19.4 Å². The Bertz CT molecular complexity index is 1240. The summed E-state index contributed by atoms with van der Waals surface area (Å²) in [6, 6.07) is 23.1. The number of hydrogen-bond acceptors (Lipinski definition) is 4. The fourth-order valence-electron chi connectivity index (χ4n) is 3.87. The number of amides is 1. The normalized spacial score (nSPS) is 10.9. The van der Waals surface area contributed by atoms with E-state index >= 15 is 0 Å². The van der Waals surface area contributed by atoms with Crippen LogP contribution in [0.3, 0.4) is 0 Å². The van der Waals surface area contributed by atoms with Crippen molar-refractivity contribution in [2.75, 3.05) is 20.3 Å². The monoisotopic (exact) mass is 477 g/mol. The Labute approximate surface area is 204 Å². The molecule has 0 fully saturated rings. The van der Waals surface area contributed by atoms with Gasteiger partial charge in [-0.2, -0.15) is 0 Å². The van der Waals surface area contributed by atoms with Crippen LogP contribution in [0.2, 0.25) is 5.02 Å². The average Bonchev–Trinajstić information content (AvgIpc) is 3.20. The van der Waals surface area contributed by atoms with E-state index in [0.29, 0.717) is 31.0 Å². The molecule has 7 heteroatoms. The molecule has 4 rings (SSSR count). The molecule has 0 saturated heterocycles. The van der Waals surface area contributed by atoms with E-state index in [0.717, 1.165) is 46.9 Å². The van der Waals surface area contributed by atoms with Gasteiger partial charge in [-0.05, 0) is 48.4 Å². The number of carbonyl (C=O) groups excluding carboxylic acids is 1. The zero-order valence-corrected chi connectivity index (χ0v) is 19.9. The van der Waals surface area contributed by atoms with Gasteiger partial charge in [0.1, 0.15) is 5.82 Å². The van der Waals surface area contributed by atoms with Crippen LogP contribution in [-0.2, 0) is 24.2 Å². The van der Waals surface area contributed by atoms with Crippen LogP contribution >= 0.6 is 11.6 Å². The van der Waals surface area contributed by atoms with Gasteiger partial charge in [0, 0.05) is 24.5 Å². The number of ether oxygens (including phenoxy) is 2. The molecule has 1 N–H and O–H groups in total. The van der Waals surface area contributed by atoms with Crippen LogP contribution in [0.25, 0.3) is 11.0 Å². The number of imidazole rings is 1. The Kier molecular flexibility index (Phi) is 8.04. The maximum Gasteiger partial charge on any atom is 0.224 e. The number of aromatic nitrogens is 2. The summed E-state index contributed by atoms with van der Waals surface area (Å²) >= 11 is 5.91. The van der Waals surface area contributed by atoms with Gasteiger partial charge in [0.25, 0.3) is 0 Å². The molecule has 0 aliphatic carbocycles. The van der Waals surface area contributed by atoms with Crippen molar-refractivity contribution in [2.24, 2.45) is 0 Å². The third-order valence-electron chi connectivity index (χ3n) is 5.54. The topological polar surface area (TPSA) is 65.4 Å². The van der Waals surface area contributed by atoms with Crippen LogP contribution in [0.1, 0.15) is 17.8 Å². The third kappa shape index (κ3) is 6.08. The highest BCUT2D eigenvalue weighted by Gasteiger charge is 2.11. The second-order valence-electron chi connectivity index (χ2n) is 7.92. The van der Waals surface area contributed by atoms with Crippen molar-refractivity contribution in [2.45, 2.75) is 25.8 Å². The molecule has 1 heterocycles. The lowest BCUT2D eigenvalue weighted by Gasteiger charge is -2.12. The summed E-state index contributed by atoms with van der Waals surface area (Å²) in [6.07, 6.45) is 1.79. The first-order valence-corrected chi connectivity index (χ1v) is 11.7. The van der Waals surface area contributed by atoms with Gasteiger partial charge >= 0.3 is 0 Å². The second kappa shape index (κ2) is 11.6. The molecule has 0 saturated carbocycles. The number of fused-ring (bicyclic) bond motifs is 1. The van der Waals surface area contributed by atoms with Gasteiger partial charge in [-0.3, -0.25) is 4.79 Å². The molecule has 0 atom stereocenters. The Morgan fingerprint density at radius 1 is 1.00 bits per heavy atom. The van der Waals surface area contributed by atoms with Crippen molar-refractivity contribution in [3.05, 3.63) is 89.2 Å². The number of aryl methyl sites for hydroxylation is 1. The standard InChI is InChI=1S/C27H28ClN3O3/c1-33-24-9-4-5-10-25(24)34-18-6-17-31-23-8-3-2-7-22(23)30-26(31)15-16-29-27(32)19-20-11-13-21(28)14-12-20/h2-5,7-14H,6,15-19H2,1H3,(H,29,32). The molecule has 6 nitrogen and oxygen atoms in total. The van der Waals surface area contributed by atoms with Gasteiger partial charge in [0.2, 0.25) is 5.91 Å². The van der Waals surface area contributed by atoms with Crippen LogP contribution in [0.5, 0.6) is 11.5 Å². The zero-order valence-electron chi connectivity index (χ0n) is 19.2. The van der Waals surface area contributed by atoms with Crippen molar-refractivity contribution >= 4 is 28.5 Å². The highest BCUT2D eigenvalue weighted by Crippen LogP contribution is 2.26. The maximum absolute atomic E-state index is 12.3. The summed E-state index contributed by atoms with van der Waals surface area (Å²) in [6.45, 7) is 1.85. The van der Waals surface area contributed by atoms with E-state index in [1.54, 1.807) is 19.2 Å². The Hall–Kier alpha value is -3.51. The molecule has 0 radical (unpaired) electrons. The zero-order chi connectivity index (χ0) is 23.8. The van der Waals surface area contributed by atoms with E-state index < -0.39 is 0 Å². The van der Waals surface area contributed by atoms with Gasteiger partial charge in [-0.15, -0.1) is 0 Å². The van der Waals surface area contributed by atoms with Crippen LogP contribution in [0.4, 0.5) is 0 Å². The fourth-order valence-corrected chi connectivity index (χ4v) is 4.00. The molecular weight excluding hydrogens is 450 g/mol. The van der Waals surface area contributed by atoms with Crippen molar-refractivity contribution in [3.8, 4) is 11.5 Å². The fraction of sp³-hybridized carbons (Fsp3) is 0.259. The number of para-hydroxylation sites is 4. The van der Waals surface area contributed by atoms with Crippen LogP contribution in [0, 0.1) is 0 Å². The number of benzene rings is 3. The van der Waals surface area contributed by atoms with Crippen LogP contribution in [-0.4, -0.2) is 35.7 Å². The molecule has 176 valence electrons. The molecule has 0 aliphatic heterocycles. The Morgan fingerprint density at radius 2 is 1.74 bits per heavy atom. The van der Waals surface area contributed by atoms with Crippen molar-refractivity contribution in [3.63, 3.8) is 0 Å². The number of rotatable bonds is 11. The quantitative estimate of drug-likeness (QED) is 0.306. The largest absolute Gasteiger partial charge is 0.493 e. The molecule has 34 heavy (non-hydrogen) atoms. The predicted octanol–water partition coefficient (Wildman–Crippen LogP) is 5.07. The molecule has 0 unspecified atom stereocenters. The summed E-state index contributed by atoms with van der Waals surface area (Å²) in [7, 11) is 1.64. The second-order valence-corrected chi connectivity index (χ2v) is 8.36. The van der Waals surface area contributed by atoms with E-state index in [4.69, 9.17) is 26.1 Å². The van der Waals surface area contributed by atoms with E-state index in [1.807, 2.05) is 54.6 Å². The lowest BCUT2D eigenvalue weighted by atomic mass is 10.1. The summed E-state index contributed by atoms with van der Waals surface area (Å²) in [5.41, 5.74) is 2.97. The SMILES string of the molecule is COc1ccccc1OCCCn1c(CCNC(=O)Cc2ccc(Cl)cc2)nc2ccccc21. The summed E-state index contributed by atoms with van der Waals surface area (Å²) < 4.78 is 13.5. The molecule has 1 aromatic heterocycles. The molecule has 0 aliphatic rings. The van der Waals surface area contributed by atoms with Crippen LogP contribution in [0.15, 0.2) is 72.8 Å². The minimum absolute atomic E-state index is 0.0183. The number of carbonyl (C=O) groups is 1. The van der Waals surface area contributed by atoms with Gasteiger partial charge in [0.15, 0.2) is 11.5 Å². The van der Waals surface area contributed by atoms with E-state index in [1.165, 1.54) is 0 Å². The number of methoxy groups -OCH3 is 1. The lowest BCUT2D eigenvalue weighted by Crippen LogP contribution is -2.28. The summed E-state index contributed by atoms with van der Waals surface area (Å²) in [5.74, 6) is 2.40. The van der Waals surface area contributed by atoms with E-state index in [9.17, 15) is 4.79 Å². The Morgan fingerprint density at radius 3 is 2.53 bits per heavy atom. The average molecular weight is 478 g/mol. The number of nitrogens with one attached hydrogen (secondary N) is 1. The minimum Gasteiger partial charge on any atom is -0.493 e. The van der Waals surface area contributed by atoms with Crippen molar-refractivity contribution in [1.82, 2.24) is 14.9 Å². The maximum atomic E-state index is 12.3. The molecule has 0 bridgehead atoms. The van der Waals surface area contributed by atoms with Gasteiger partial charge in [-0.1, -0.05) is 48.0 Å². The number of hydrogen-bond donors (Lipinski definition) is 1. The first-order valence-electron chi connectivity index (χ1n) is 11.3. The summed E-state index contributed by atoms with van der Waals surface area (Å²) in [5, 5.41) is 3.67.